The highest BCUT2D eigenvalue weighted by atomic mass is 16.5. The van der Waals surface area contributed by atoms with Crippen molar-refractivity contribution in [2.45, 2.75) is 32.7 Å². The van der Waals surface area contributed by atoms with Crippen molar-refractivity contribution in [3.8, 4) is 5.88 Å². The summed E-state index contributed by atoms with van der Waals surface area (Å²) in [5.74, 6) is 2.78. The van der Waals surface area contributed by atoms with Crippen LogP contribution in [0.15, 0.2) is 22.9 Å². The Hall–Kier alpha value is -2.57. The van der Waals surface area contributed by atoms with Crippen LogP contribution >= 0.6 is 0 Å². The lowest BCUT2D eigenvalue weighted by Gasteiger charge is -2.32. The Morgan fingerprint density at radius 1 is 1.29 bits per heavy atom. The van der Waals surface area contributed by atoms with Gasteiger partial charge in [0.05, 0.1) is 12.7 Å². The molecule has 1 aliphatic heterocycles. The predicted octanol–water partition coefficient (Wildman–Crippen LogP) is 2.41. The molecule has 0 saturated carbocycles. The highest BCUT2D eigenvalue weighted by Gasteiger charge is 2.26. The smallest absolute Gasteiger partial charge is 0.257 e. The molecule has 3 rings (SSSR count). The number of nitrogens with one attached hydrogen (secondary N) is 1. The average molecular weight is 330 g/mol. The normalized spacial score (nSPS) is 15.4. The van der Waals surface area contributed by atoms with Crippen LogP contribution in [0.5, 0.6) is 5.88 Å². The summed E-state index contributed by atoms with van der Waals surface area (Å²) in [4.78, 5) is 22.7. The van der Waals surface area contributed by atoms with Gasteiger partial charge in [-0.3, -0.25) is 4.79 Å². The molecule has 0 aliphatic carbocycles. The van der Waals surface area contributed by atoms with Gasteiger partial charge in [-0.15, -0.1) is 0 Å². The number of carbonyl (C=O) groups is 1. The fourth-order valence-electron chi connectivity index (χ4n) is 2.98. The van der Waals surface area contributed by atoms with Crippen molar-refractivity contribution in [1.29, 1.82) is 0 Å². The molecule has 1 N–H and O–H groups in total. The van der Waals surface area contributed by atoms with Crippen LogP contribution in [0.25, 0.3) is 0 Å². The molecule has 0 atom stereocenters. The van der Waals surface area contributed by atoms with Crippen molar-refractivity contribution in [2.75, 3.05) is 25.5 Å². The standard InChI is InChI=1S/C17H22N4O3/c1-11-8-14(12(2)24-11)17(22)21-6-4-13(5-7-21)20-15-9-16(23-3)19-10-18-15/h8-10,13H,4-7H2,1-3H3,(H,18,19,20). The average Bonchev–Trinajstić information content (AvgIpc) is 2.93. The number of carbonyl (C=O) groups excluding carboxylic acids is 1. The number of ether oxygens (including phenoxy) is 1. The topological polar surface area (TPSA) is 80.5 Å². The van der Waals surface area contributed by atoms with Gasteiger partial charge in [0.2, 0.25) is 5.88 Å². The van der Waals surface area contributed by atoms with Crippen LogP contribution < -0.4 is 10.1 Å². The third-order valence-electron chi connectivity index (χ3n) is 4.26. The van der Waals surface area contributed by atoms with Gasteiger partial charge in [0.1, 0.15) is 23.7 Å². The summed E-state index contributed by atoms with van der Waals surface area (Å²) < 4.78 is 10.6. The first-order valence-electron chi connectivity index (χ1n) is 8.05. The second-order valence-electron chi connectivity index (χ2n) is 5.98. The molecule has 0 unspecified atom stereocenters. The van der Waals surface area contributed by atoms with Crippen LogP contribution in [-0.2, 0) is 0 Å². The highest BCUT2D eigenvalue weighted by Crippen LogP contribution is 2.21. The monoisotopic (exact) mass is 330 g/mol. The molecule has 0 bridgehead atoms. The van der Waals surface area contributed by atoms with E-state index in [1.165, 1.54) is 6.33 Å². The molecule has 0 aromatic carbocycles. The van der Waals surface area contributed by atoms with Gasteiger partial charge in [-0.2, -0.15) is 0 Å². The van der Waals surface area contributed by atoms with E-state index in [0.29, 0.717) is 30.3 Å². The molecular formula is C17H22N4O3. The van der Waals surface area contributed by atoms with Gasteiger partial charge in [0, 0.05) is 25.2 Å². The maximum atomic E-state index is 12.6. The number of methoxy groups -OCH3 is 1. The third-order valence-corrected chi connectivity index (χ3v) is 4.26. The van der Waals surface area contributed by atoms with Gasteiger partial charge < -0.3 is 19.4 Å². The summed E-state index contributed by atoms with van der Waals surface area (Å²) in [6.07, 6.45) is 3.21. The number of anilines is 1. The number of piperidine rings is 1. The summed E-state index contributed by atoms with van der Waals surface area (Å²) in [5.41, 5.74) is 0.666. The van der Waals surface area contributed by atoms with Gasteiger partial charge in [-0.1, -0.05) is 0 Å². The number of nitrogens with zero attached hydrogens (tertiary/aromatic N) is 3. The van der Waals surface area contributed by atoms with E-state index in [0.717, 1.165) is 24.4 Å². The Morgan fingerprint density at radius 2 is 2.04 bits per heavy atom. The zero-order valence-electron chi connectivity index (χ0n) is 14.2. The number of aryl methyl sites for hydroxylation is 2. The first kappa shape index (κ1) is 16.3. The van der Waals surface area contributed by atoms with Crippen LogP contribution in [0, 0.1) is 13.8 Å². The molecule has 7 nitrogen and oxygen atoms in total. The van der Waals surface area contributed by atoms with E-state index in [9.17, 15) is 4.79 Å². The number of furan rings is 1. The lowest BCUT2D eigenvalue weighted by Crippen LogP contribution is -2.42. The Kier molecular flexibility index (Phi) is 4.69. The van der Waals surface area contributed by atoms with E-state index in [-0.39, 0.29) is 11.9 Å². The largest absolute Gasteiger partial charge is 0.481 e. The van der Waals surface area contributed by atoms with Crippen molar-refractivity contribution in [1.82, 2.24) is 14.9 Å². The van der Waals surface area contributed by atoms with E-state index >= 15 is 0 Å². The summed E-state index contributed by atoms with van der Waals surface area (Å²) in [5, 5.41) is 3.38. The maximum absolute atomic E-state index is 12.6. The summed E-state index contributed by atoms with van der Waals surface area (Å²) in [7, 11) is 1.58. The lowest BCUT2D eigenvalue weighted by molar-refractivity contribution is 0.0716. The Balaban J connectivity index is 1.57. The minimum atomic E-state index is 0.0477. The van der Waals surface area contributed by atoms with Crippen molar-refractivity contribution in [3.63, 3.8) is 0 Å². The van der Waals surface area contributed by atoms with E-state index in [4.69, 9.17) is 9.15 Å². The van der Waals surface area contributed by atoms with Crippen LogP contribution in [0.3, 0.4) is 0 Å². The zero-order chi connectivity index (χ0) is 17.1. The molecule has 7 heteroatoms. The lowest BCUT2D eigenvalue weighted by atomic mass is 10.0. The molecule has 1 amide bonds. The molecule has 0 spiro atoms. The van der Waals surface area contributed by atoms with E-state index in [2.05, 4.69) is 15.3 Å². The molecule has 1 aliphatic rings. The molecule has 24 heavy (non-hydrogen) atoms. The molecular weight excluding hydrogens is 308 g/mol. The van der Waals surface area contributed by atoms with Gasteiger partial charge in [0.25, 0.3) is 5.91 Å². The second kappa shape index (κ2) is 6.90. The fraction of sp³-hybridized carbons (Fsp3) is 0.471. The molecule has 1 saturated heterocycles. The molecule has 2 aromatic rings. The van der Waals surface area contributed by atoms with Gasteiger partial charge in [-0.05, 0) is 32.8 Å². The van der Waals surface area contributed by atoms with Crippen molar-refractivity contribution in [3.05, 3.63) is 35.5 Å². The predicted molar refractivity (Wildman–Crippen MR) is 89.3 cm³/mol. The van der Waals surface area contributed by atoms with Crippen LogP contribution in [0.2, 0.25) is 0 Å². The van der Waals surface area contributed by atoms with Gasteiger partial charge >= 0.3 is 0 Å². The molecule has 128 valence electrons. The summed E-state index contributed by atoms with van der Waals surface area (Å²) in [6.45, 7) is 5.11. The summed E-state index contributed by atoms with van der Waals surface area (Å²) in [6, 6.07) is 3.87. The molecule has 0 radical (unpaired) electrons. The highest BCUT2D eigenvalue weighted by molar-refractivity contribution is 5.95. The molecule has 3 heterocycles. The van der Waals surface area contributed by atoms with E-state index in [1.54, 1.807) is 13.2 Å². The zero-order valence-corrected chi connectivity index (χ0v) is 14.2. The van der Waals surface area contributed by atoms with Crippen LogP contribution in [0.1, 0.15) is 34.7 Å². The minimum absolute atomic E-state index is 0.0477. The van der Waals surface area contributed by atoms with Gasteiger partial charge in [0.15, 0.2) is 0 Å². The quantitative estimate of drug-likeness (QED) is 0.927. The van der Waals surface area contributed by atoms with Crippen molar-refractivity contribution in [2.24, 2.45) is 0 Å². The Bertz CT molecular complexity index is 720. The van der Waals surface area contributed by atoms with Crippen molar-refractivity contribution < 1.29 is 13.9 Å². The third kappa shape index (κ3) is 3.50. The van der Waals surface area contributed by atoms with Gasteiger partial charge in [-0.25, -0.2) is 9.97 Å². The molecule has 2 aromatic heterocycles. The molecule has 1 fully saturated rings. The van der Waals surface area contributed by atoms with E-state index < -0.39 is 0 Å². The van der Waals surface area contributed by atoms with Crippen LogP contribution in [-0.4, -0.2) is 47.0 Å². The number of hydrogen-bond acceptors (Lipinski definition) is 6. The minimum Gasteiger partial charge on any atom is -0.481 e. The first-order valence-corrected chi connectivity index (χ1v) is 8.05. The Labute approximate surface area is 141 Å². The second-order valence-corrected chi connectivity index (χ2v) is 5.98. The summed E-state index contributed by atoms with van der Waals surface area (Å²) >= 11 is 0. The number of likely N-dealkylation sites (tertiary alicyclic amines) is 1. The Morgan fingerprint density at radius 3 is 2.67 bits per heavy atom. The number of amides is 1. The number of rotatable bonds is 4. The first-order chi connectivity index (χ1) is 11.6. The fourth-order valence-corrected chi connectivity index (χ4v) is 2.98. The van der Waals surface area contributed by atoms with Crippen LogP contribution in [0.4, 0.5) is 5.82 Å². The number of aromatic nitrogens is 2. The SMILES string of the molecule is COc1cc(NC2CCN(C(=O)c3cc(C)oc3C)CC2)ncn1. The van der Waals surface area contributed by atoms with Crippen molar-refractivity contribution >= 4 is 11.7 Å². The maximum Gasteiger partial charge on any atom is 0.257 e. The number of hydrogen-bond donors (Lipinski definition) is 1. The van der Waals surface area contributed by atoms with E-state index in [1.807, 2.05) is 24.8 Å².